The Morgan fingerprint density at radius 2 is 1.67 bits per heavy atom. The zero-order chi connectivity index (χ0) is 18.9. The third kappa shape index (κ3) is 8.16. The number of carboxylic acids is 2. The first-order chi connectivity index (χ1) is 11.1. The number of aliphatic carboxylic acids is 2. The smallest absolute Gasteiger partial charge is 0.326 e. The SMILES string of the molecule is CC(C)[C@H](NC(=O)[C@H](CS)NC(=O)CCCC(N)C(=O)O)C(=O)O. The van der Waals surface area contributed by atoms with Crippen molar-refractivity contribution >= 4 is 36.4 Å². The van der Waals surface area contributed by atoms with Crippen molar-refractivity contribution in [3.8, 4) is 0 Å². The molecule has 0 aliphatic heterocycles. The summed E-state index contributed by atoms with van der Waals surface area (Å²) in [6.07, 6.45) is 0.393. The standard InChI is InChI=1S/C14H25N3O6S/c1-7(2)11(14(22)23)17-12(19)9(6-24)16-10(18)5-3-4-8(15)13(20)21/h7-9,11,24H,3-6,15H2,1-2H3,(H,16,18)(H,17,19)(H,20,21)(H,22,23)/t8?,9-,11-/m0/s1. The predicted molar refractivity (Wildman–Crippen MR) is 89.7 cm³/mol. The number of carbonyl (C=O) groups excluding carboxylic acids is 2. The Bertz CT molecular complexity index is 471. The normalized spacial score (nSPS) is 14.5. The van der Waals surface area contributed by atoms with Crippen molar-refractivity contribution < 1.29 is 29.4 Å². The number of nitrogens with one attached hydrogen (secondary N) is 2. The fourth-order valence-corrected chi connectivity index (χ4v) is 2.09. The van der Waals surface area contributed by atoms with Gasteiger partial charge in [0, 0.05) is 12.2 Å². The maximum atomic E-state index is 12.1. The third-order valence-corrected chi connectivity index (χ3v) is 3.67. The van der Waals surface area contributed by atoms with Crippen LogP contribution < -0.4 is 16.4 Å². The van der Waals surface area contributed by atoms with E-state index in [0.717, 1.165) is 0 Å². The van der Waals surface area contributed by atoms with Crippen LogP contribution in [0.25, 0.3) is 0 Å². The van der Waals surface area contributed by atoms with E-state index in [1.807, 2.05) is 0 Å². The minimum absolute atomic E-state index is 0.00333. The average Bonchev–Trinajstić information content (AvgIpc) is 2.48. The molecule has 0 radical (unpaired) electrons. The molecule has 0 saturated heterocycles. The summed E-state index contributed by atoms with van der Waals surface area (Å²) in [6.45, 7) is 3.30. The summed E-state index contributed by atoms with van der Waals surface area (Å²) < 4.78 is 0. The van der Waals surface area contributed by atoms with Crippen LogP contribution >= 0.6 is 12.6 Å². The molecule has 0 rings (SSSR count). The van der Waals surface area contributed by atoms with Crippen molar-refractivity contribution in [1.82, 2.24) is 10.6 Å². The first-order valence-corrected chi connectivity index (χ1v) is 8.15. The van der Waals surface area contributed by atoms with E-state index in [9.17, 15) is 19.2 Å². The van der Waals surface area contributed by atoms with Crippen LogP contribution in [0.3, 0.4) is 0 Å². The van der Waals surface area contributed by atoms with Gasteiger partial charge < -0.3 is 26.6 Å². The van der Waals surface area contributed by atoms with Crippen LogP contribution in [0.5, 0.6) is 0 Å². The van der Waals surface area contributed by atoms with Crippen LogP contribution in [0.1, 0.15) is 33.1 Å². The van der Waals surface area contributed by atoms with Crippen LogP contribution in [-0.2, 0) is 19.2 Å². The molecule has 3 atom stereocenters. The predicted octanol–water partition coefficient (Wildman–Crippen LogP) is -0.791. The van der Waals surface area contributed by atoms with Crippen LogP contribution in [-0.4, -0.2) is 57.8 Å². The summed E-state index contributed by atoms with van der Waals surface area (Å²) >= 11 is 3.99. The van der Waals surface area contributed by atoms with Gasteiger partial charge in [-0.3, -0.25) is 14.4 Å². The highest BCUT2D eigenvalue weighted by Crippen LogP contribution is 2.04. The van der Waals surface area contributed by atoms with Gasteiger partial charge in [-0.1, -0.05) is 13.8 Å². The van der Waals surface area contributed by atoms with Crippen molar-refractivity contribution in [2.75, 3.05) is 5.75 Å². The van der Waals surface area contributed by atoms with Gasteiger partial charge in [0.25, 0.3) is 0 Å². The van der Waals surface area contributed by atoms with Gasteiger partial charge in [0.15, 0.2) is 0 Å². The monoisotopic (exact) mass is 363 g/mol. The lowest BCUT2D eigenvalue weighted by Crippen LogP contribution is -2.53. The Kier molecular flexibility index (Phi) is 10.0. The molecule has 1 unspecified atom stereocenters. The fraction of sp³-hybridized carbons (Fsp3) is 0.714. The molecule has 0 spiro atoms. The Hall–Kier alpha value is -1.81. The van der Waals surface area contributed by atoms with Gasteiger partial charge in [0.05, 0.1) is 0 Å². The molecule has 0 bridgehead atoms. The molecule has 0 aromatic carbocycles. The topological polar surface area (TPSA) is 159 Å². The molecule has 9 nitrogen and oxygen atoms in total. The van der Waals surface area contributed by atoms with Gasteiger partial charge in [0.2, 0.25) is 11.8 Å². The Morgan fingerprint density at radius 1 is 1.08 bits per heavy atom. The minimum Gasteiger partial charge on any atom is -0.480 e. The minimum atomic E-state index is -1.16. The second-order valence-electron chi connectivity index (χ2n) is 5.71. The van der Waals surface area contributed by atoms with Crippen LogP contribution in [0, 0.1) is 5.92 Å². The average molecular weight is 363 g/mol. The van der Waals surface area contributed by atoms with Gasteiger partial charge in [-0.2, -0.15) is 12.6 Å². The van der Waals surface area contributed by atoms with E-state index in [-0.39, 0.29) is 30.9 Å². The summed E-state index contributed by atoms with van der Waals surface area (Å²) in [5.74, 6) is -3.72. The second kappa shape index (κ2) is 10.9. The summed E-state index contributed by atoms with van der Waals surface area (Å²) in [5, 5.41) is 22.5. The van der Waals surface area contributed by atoms with Crippen molar-refractivity contribution in [3.05, 3.63) is 0 Å². The van der Waals surface area contributed by atoms with Crippen LogP contribution in [0.4, 0.5) is 0 Å². The summed E-state index contributed by atoms with van der Waals surface area (Å²) in [4.78, 5) is 45.5. The van der Waals surface area contributed by atoms with Gasteiger partial charge in [-0.05, 0) is 18.8 Å². The molecule has 0 aromatic heterocycles. The van der Waals surface area contributed by atoms with E-state index < -0.39 is 41.9 Å². The number of hydrogen-bond donors (Lipinski definition) is 6. The fourth-order valence-electron chi connectivity index (χ4n) is 1.83. The van der Waals surface area contributed by atoms with Crippen molar-refractivity contribution in [2.24, 2.45) is 11.7 Å². The van der Waals surface area contributed by atoms with E-state index in [1.165, 1.54) is 0 Å². The number of carbonyl (C=O) groups is 4. The number of thiol groups is 1. The third-order valence-electron chi connectivity index (χ3n) is 3.30. The summed E-state index contributed by atoms with van der Waals surface area (Å²) in [7, 11) is 0. The zero-order valence-corrected chi connectivity index (χ0v) is 14.6. The molecule has 0 fully saturated rings. The van der Waals surface area contributed by atoms with Crippen molar-refractivity contribution in [1.29, 1.82) is 0 Å². The van der Waals surface area contributed by atoms with Crippen molar-refractivity contribution in [3.63, 3.8) is 0 Å². The second-order valence-corrected chi connectivity index (χ2v) is 6.07. The molecule has 24 heavy (non-hydrogen) atoms. The van der Waals surface area contributed by atoms with Crippen LogP contribution in [0.15, 0.2) is 0 Å². The summed E-state index contributed by atoms with van der Waals surface area (Å²) in [6, 6.07) is -3.08. The lowest BCUT2D eigenvalue weighted by atomic mass is 10.0. The quantitative estimate of drug-likeness (QED) is 0.262. The van der Waals surface area contributed by atoms with E-state index in [4.69, 9.17) is 15.9 Å². The summed E-state index contributed by atoms with van der Waals surface area (Å²) in [5.41, 5.74) is 5.33. The highest BCUT2D eigenvalue weighted by Gasteiger charge is 2.27. The number of rotatable bonds is 11. The van der Waals surface area contributed by atoms with E-state index in [1.54, 1.807) is 13.8 Å². The maximum Gasteiger partial charge on any atom is 0.326 e. The molecule has 0 aliphatic rings. The molecule has 0 saturated carbocycles. The first-order valence-electron chi connectivity index (χ1n) is 7.51. The number of hydrogen-bond acceptors (Lipinski definition) is 6. The molecule has 0 heterocycles. The lowest BCUT2D eigenvalue weighted by Gasteiger charge is -2.22. The highest BCUT2D eigenvalue weighted by molar-refractivity contribution is 7.80. The molecular weight excluding hydrogens is 338 g/mol. The molecule has 10 heteroatoms. The zero-order valence-electron chi connectivity index (χ0n) is 13.7. The number of amides is 2. The van der Waals surface area contributed by atoms with E-state index in [2.05, 4.69) is 23.3 Å². The largest absolute Gasteiger partial charge is 0.480 e. The van der Waals surface area contributed by atoms with Gasteiger partial charge in [0.1, 0.15) is 18.1 Å². The number of nitrogens with two attached hydrogens (primary N) is 1. The Morgan fingerprint density at radius 3 is 2.08 bits per heavy atom. The number of carboxylic acid groups (broad SMARTS) is 2. The van der Waals surface area contributed by atoms with Gasteiger partial charge in [-0.25, -0.2) is 4.79 Å². The maximum absolute atomic E-state index is 12.1. The van der Waals surface area contributed by atoms with E-state index in [0.29, 0.717) is 0 Å². The van der Waals surface area contributed by atoms with Gasteiger partial charge >= 0.3 is 11.9 Å². The Labute approximate surface area is 145 Å². The van der Waals surface area contributed by atoms with Crippen LogP contribution in [0.2, 0.25) is 0 Å². The van der Waals surface area contributed by atoms with Crippen molar-refractivity contribution in [2.45, 2.75) is 51.2 Å². The molecule has 6 N–H and O–H groups in total. The molecule has 2 amide bonds. The van der Waals surface area contributed by atoms with E-state index >= 15 is 0 Å². The lowest BCUT2D eigenvalue weighted by molar-refractivity contribution is -0.143. The first kappa shape index (κ1) is 22.2. The molecule has 0 aromatic rings. The molecular formula is C14H25N3O6S. The Balaban J connectivity index is 4.47. The molecule has 0 aliphatic carbocycles. The highest BCUT2D eigenvalue weighted by atomic mass is 32.1. The molecule has 138 valence electrons. The van der Waals surface area contributed by atoms with Gasteiger partial charge in [-0.15, -0.1) is 0 Å².